The molecule has 1 amide bonds. The van der Waals surface area contributed by atoms with Crippen LogP contribution < -0.4 is 11.1 Å². The fourth-order valence-corrected chi connectivity index (χ4v) is 1.45. The zero-order valence-corrected chi connectivity index (χ0v) is 13.7. The summed E-state index contributed by atoms with van der Waals surface area (Å²) in [5.41, 5.74) is 5.26. The number of nitrogens with two attached hydrogens (primary N) is 1. The summed E-state index contributed by atoms with van der Waals surface area (Å²) < 4.78 is 9.75. The first-order valence-electron chi connectivity index (χ1n) is 7.56. The molecule has 0 saturated carbocycles. The van der Waals surface area contributed by atoms with E-state index < -0.39 is 12.0 Å². The molecule has 23 heavy (non-hydrogen) atoms. The van der Waals surface area contributed by atoms with Gasteiger partial charge < -0.3 is 35.8 Å². The number of rotatable bonds is 13. The highest BCUT2D eigenvalue weighted by Gasteiger charge is 2.16. The molecule has 0 aliphatic heterocycles. The summed E-state index contributed by atoms with van der Waals surface area (Å²) in [6.45, 7) is 3.58. The maximum absolute atomic E-state index is 10.6. The van der Waals surface area contributed by atoms with Crippen molar-refractivity contribution >= 4 is 11.9 Å². The Labute approximate surface area is 136 Å². The second kappa shape index (κ2) is 18.8. The van der Waals surface area contributed by atoms with Gasteiger partial charge in [0.15, 0.2) is 0 Å². The number of amides is 1. The Morgan fingerprint density at radius 2 is 1.57 bits per heavy atom. The predicted molar refractivity (Wildman–Crippen MR) is 84.0 cm³/mol. The molecule has 0 unspecified atom stereocenters. The molecule has 9 nitrogen and oxygen atoms in total. The zero-order chi connectivity index (χ0) is 17.9. The third-order valence-electron chi connectivity index (χ3n) is 2.47. The molecule has 0 saturated heterocycles. The quantitative estimate of drug-likeness (QED) is 0.260. The van der Waals surface area contributed by atoms with Gasteiger partial charge in [0.25, 0.3) is 0 Å². The number of hydrogen-bond acceptors (Lipinski definition) is 7. The first-order chi connectivity index (χ1) is 11.0. The fraction of sp³-hybridized carbons (Fsp3) is 0.857. The van der Waals surface area contributed by atoms with E-state index in [1.807, 2.05) is 0 Å². The lowest BCUT2D eigenvalue weighted by atomic mass is 10.1. The SMILES string of the molecule is CC(=O)N[C@@H](CCCCN)C(=O)O.OCCOCCOCCO. The van der Waals surface area contributed by atoms with Crippen molar-refractivity contribution in [2.45, 2.75) is 32.2 Å². The summed E-state index contributed by atoms with van der Waals surface area (Å²) in [6.07, 6.45) is 1.93. The monoisotopic (exact) mass is 338 g/mol. The van der Waals surface area contributed by atoms with Crippen LogP contribution >= 0.6 is 0 Å². The molecule has 0 bridgehead atoms. The highest BCUT2D eigenvalue weighted by Crippen LogP contribution is 2.00. The lowest BCUT2D eigenvalue weighted by Crippen LogP contribution is -2.39. The van der Waals surface area contributed by atoms with Crippen LogP contribution in [0.1, 0.15) is 26.2 Å². The van der Waals surface area contributed by atoms with Gasteiger partial charge in [0.1, 0.15) is 6.04 Å². The highest BCUT2D eigenvalue weighted by atomic mass is 16.5. The van der Waals surface area contributed by atoms with Crippen molar-refractivity contribution in [3.63, 3.8) is 0 Å². The molecule has 9 heteroatoms. The Bertz CT molecular complexity index is 282. The second-order valence-electron chi connectivity index (χ2n) is 4.55. The van der Waals surface area contributed by atoms with Crippen LogP contribution in [0.2, 0.25) is 0 Å². The smallest absolute Gasteiger partial charge is 0.326 e. The Morgan fingerprint density at radius 1 is 1.04 bits per heavy atom. The van der Waals surface area contributed by atoms with E-state index >= 15 is 0 Å². The number of carbonyl (C=O) groups excluding carboxylic acids is 1. The topological polar surface area (TPSA) is 151 Å². The van der Waals surface area contributed by atoms with Crippen molar-refractivity contribution in [3.8, 4) is 0 Å². The van der Waals surface area contributed by atoms with Crippen molar-refractivity contribution < 1.29 is 34.4 Å². The Kier molecular flexibility index (Phi) is 19.6. The molecule has 0 aromatic rings. The predicted octanol–water partition coefficient (Wildman–Crippen LogP) is -1.29. The van der Waals surface area contributed by atoms with Gasteiger partial charge in [-0.05, 0) is 25.8 Å². The molecule has 0 heterocycles. The van der Waals surface area contributed by atoms with E-state index in [1.54, 1.807) is 0 Å². The van der Waals surface area contributed by atoms with Crippen molar-refractivity contribution in [2.75, 3.05) is 46.2 Å². The largest absolute Gasteiger partial charge is 0.480 e. The number of unbranched alkanes of at least 4 members (excludes halogenated alkanes) is 1. The van der Waals surface area contributed by atoms with Crippen LogP contribution in [0.15, 0.2) is 0 Å². The molecule has 0 spiro atoms. The zero-order valence-electron chi connectivity index (χ0n) is 13.7. The van der Waals surface area contributed by atoms with Crippen LogP contribution in [-0.2, 0) is 19.1 Å². The maximum atomic E-state index is 10.6. The summed E-state index contributed by atoms with van der Waals surface area (Å²) in [4.78, 5) is 21.2. The van der Waals surface area contributed by atoms with Gasteiger partial charge in [0.2, 0.25) is 5.91 Å². The average molecular weight is 338 g/mol. The Morgan fingerprint density at radius 3 is 1.91 bits per heavy atom. The van der Waals surface area contributed by atoms with E-state index in [1.165, 1.54) is 6.92 Å². The highest BCUT2D eigenvalue weighted by molar-refractivity contribution is 5.81. The minimum Gasteiger partial charge on any atom is -0.480 e. The standard InChI is InChI=1S/C8H16N2O3.C6H14O4/c1-6(11)10-7(8(12)13)4-2-3-5-9;7-1-3-9-5-6-10-4-2-8/h7H,2-5,9H2,1H3,(H,10,11)(H,12,13);7-8H,1-6H2/t7-;/m0./s1. The summed E-state index contributed by atoms with van der Waals surface area (Å²) in [5.74, 6) is -1.31. The lowest BCUT2D eigenvalue weighted by Gasteiger charge is -2.12. The average Bonchev–Trinajstić information content (AvgIpc) is 2.50. The van der Waals surface area contributed by atoms with E-state index in [9.17, 15) is 9.59 Å². The summed E-state index contributed by atoms with van der Waals surface area (Å²) >= 11 is 0. The minimum atomic E-state index is -0.993. The number of carboxylic acid groups (broad SMARTS) is 1. The van der Waals surface area contributed by atoms with E-state index in [-0.39, 0.29) is 19.1 Å². The molecule has 0 aromatic heterocycles. The van der Waals surface area contributed by atoms with Gasteiger partial charge >= 0.3 is 5.97 Å². The molecule has 138 valence electrons. The number of aliphatic hydroxyl groups excluding tert-OH is 2. The van der Waals surface area contributed by atoms with Gasteiger partial charge in [-0.1, -0.05) is 0 Å². The summed E-state index contributed by atoms with van der Waals surface area (Å²) in [7, 11) is 0. The molecule has 6 N–H and O–H groups in total. The van der Waals surface area contributed by atoms with Crippen molar-refractivity contribution in [3.05, 3.63) is 0 Å². The van der Waals surface area contributed by atoms with Gasteiger partial charge in [0.05, 0.1) is 39.6 Å². The van der Waals surface area contributed by atoms with Gasteiger partial charge in [0, 0.05) is 6.92 Å². The maximum Gasteiger partial charge on any atom is 0.326 e. The minimum absolute atomic E-state index is 0.0417. The molecule has 0 rings (SSSR count). The third-order valence-corrected chi connectivity index (χ3v) is 2.47. The molecule has 0 fully saturated rings. The Balaban J connectivity index is 0. The van der Waals surface area contributed by atoms with Crippen LogP contribution in [0, 0.1) is 0 Å². The van der Waals surface area contributed by atoms with E-state index in [2.05, 4.69) is 5.32 Å². The number of aliphatic hydroxyl groups is 2. The van der Waals surface area contributed by atoms with Crippen molar-refractivity contribution in [2.24, 2.45) is 5.73 Å². The fourth-order valence-electron chi connectivity index (χ4n) is 1.45. The van der Waals surface area contributed by atoms with Gasteiger partial charge in [-0.2, -0.15) is 0 Å². The third kappa shape index (κ3) is 20.7. The van der Waals surface area contributed by atoms with E-state index in [0.29, 0.717) is 45.8 Å². The molecular weight excluding hydrogens is 308 g/mol. The first kappa shape index (κ1) is 24.0. The first-order valence-corrected chi connectivity index (χ1v) is 7.56. The summed E-state index contributed by atoms with van der Waals surface area (Å²) in [6, 6.07) is -0.774. The molecule has 0 aliphatic carbocycles. The number of carboxylic acids is 1. The second-order valence-corrected chi connectivity index (χ2v) is 4.55. The molecule has 0 aromatic carbocycles. The lowest BCUT2D eigenvalue weighted by molar-refractivity contribution is -0.141. The van der Waals surface area contributed by atoms with Crippen molar-refractivity contribution in [1.82, 2.24) is 5.32 Å². The van der Waals surface area contributed by atoms with E-state index in [0.717, 1.165) is 6.42 Å². The number of hydrogen-bond donors (Lipinski definition) is 5. The van der Waals surface area contributed by atoms with Crippen LogP contribution in [0.25, 0.3) is 0 Å². The van der Waals surface area contributed by atoms with Crippen LogP contribution in [-0.4, -0.2) is 79.4 Å². The van der Waals surface area contributed by atoms with Gasteiger partial charge in [-0.25, -0.2) is 4.79 Å². The van der Waals surface area contributed by atoms with E-state index in [4.69, 9.17) is 30.5 Å². The van der Waals surface area contributed by atoms with Gasteiger partial charge in [-0.15, -0.1) is 0 Å². The molecule has 1 atom stereocenters. The van der Waals surface area contributed by atoms with Crippen LogP contribution in [0.5, 0.6) is 0 Å². The van der Waals surface area contributed by atoms with Gasteiger partial charge in [-0.3, -0.25) is 4.79 Å². The molecular formula is C14H30N2O7. The number of ether oxygens (including phenoxy) is 2. The summed E-state index contributed by atoms with van der Waals surface area (Å²) in [5, 5.41) is 27.6. The van der Waals surface area contributed by atoms with Crippen molar-refractivity contribution in [1.29, 1.82) is 0 Å². The van der Waals surface area contributed by atoms with Crippen LogP contribution in [0.4, 0.5) is 0 Å². The normalized spacial score (nSPS) is 11.3. The number of carbonyl (C=O) groups is 2. The number of nitrogens with one attached hydrogen (secondary N) is 1. The molecule has 0 aliphatic rings. The molecule has 0 radical (unpaired) electrons. The number of aliphatic carboxylic acids is 1. The Hall–Kier alpha value is -1.26. The van der Waals surface area contributed by atoms with Crippen LogP contribution in [0.3, 0.4) is 0 Å².